The van der Waals surface area contributed by atoms with Crippen LogP contribution in [0.1, 0.15) is 50.4 Å². The van der Waals surface area contributed by atoms with E-state index in [1.807, 2.05) is 13.8 Å². The van der Waals surface area contributed by atoms with Gasteiger partial charge in [0.2, 0.25) is 5.88 Å². The highest BCUT2D eigenvalue weighted by Gasteiger charge is 2.36. The van der Waals surface area contributed by atoms with E-state index in [1.54, 1.807) is 23.2 Å². The Morgan fingerprint density at radius 3 is 2.79 bits per heavy atom. The summed E-state index contributed by atoms with van der Waals surface area (Å²) in [5, 5.41) is 9.58. The molecule has 2 atom stereocenters. The molecule has 1 saturated heterocycles. The highest BCUT2D eigenvalue weighted by atomic mass is 35.5. The van der Waals surface area contributed by atoms with Crippen molar-refractivity contribution < 1.29 is 18.7 Å². The molecule has 0 aliphatic carbocycles. The number of hydrogen-bond acceptors (Lipinski definition) is 6. The minimum absolute atomic E-state index is 0.0292. The lowest BCUT2D eigenvalue weighted by Crippen LogP contribution is -2.48. The molecule has 2 aromatic heterocycles. The second kappa shape index (κ2) is 11.1. The first kappa shape index (κ1) is 26.1. The molecule has 4 heterocycles. The Kier molecular flexibility index (Phi) is 7.62. The number of nitrogens with zero attached hydrogens (tertiary/aromatic N) is 3. The molecular weight excluding hydrogens is 513 g/mol. The first-order valence-corrected chi connectivity index (χ1v) is 13.1. The molecule has 9 nitrogen and oxygen atoms in total. The van der Waals surface area contributed by atoms with Crippen LogP contribution in [0.5, 0.6) is 5.88 Å². The highest BCUT2D eigenvalue weighted by Crippen LogP contribution is 2.36. The van der Waals surface area contributed by atoms with Crippen LogP contribution in [0.25, 0.3) is 11.1 Å². The number of fused-ring (bicyclic) bond motifs is 1. The van der Waals surface area contributed by atoms with Crippen molar-refractivity contribution >= 4 is 23.3 Å². The Labute approximate surface area is 224 Å². The number of pyridine rings is 1. The summed E-state index contributed by atoms with van der Waals surface area (Å²) in [6, 6.07) is 6.66. The average Bonchev–Trinajstić information content (AvgIpc) is 2.90. The average molecular weight is 542 g/mol. The lowest BCUT2D eigenvalue weighted by molar-refractivity contribution is 0.0237. The third-order valence-electron chi connectivity index (χ3n) is 6.99. The number of benzene rings is 1. The van der Waals surface area contributed by atoms with Gasteiger partial charge in [0.05, 0.1) is 35.7 Å². The number of anilines is 1. The number of hydrogen-bond donors (Lipinski definition) is 2. The number of halogens is 2. The van der Waals surface area contributed by atoms with Crippen molar-refractivity contribution in [1.29, 1.82) is 0 Å². The van der Waals surface area contributed by atoms with Gasteiger partial charge in [-0.1, -0.05) is 18.5 Å². The van der Waals surface area contributed by atoms with E-state index in [0.29, 0.717) is 48.8 Å². The van der Waals surface area contributed by atoms with Crippen LogP contribution in [0.3, 0.4) is 0 Å². The smallest absolute Gasteiger partial charge is 0.322 e. The van der Waals surface area contributed by atoms with Gasteiger partial charge in [-0.25, -0.2) is 19.3 Å². The standard InChI is InChI=1S/C27H29ClFN5O4/c1-3-23-26-17(11-24(35)32-33-26)10-15(2)34(23)27(36)31-22-13-20(28)19(12-21(22)29)16-4-5-25(30-14-16)38-18-6-8-37-9-7-18/h4-5,11-15,18,23H,3,6-10H2,1-2H3,(H,31,36)(H,32,35). The summed E-state index contributed by atoms with van der Waals surface area (Å²) in [6.45, 7) is 5.16. The molecule has 1 fully saturated rings. The first-order valence-electron chi connectivity index (χ1n) is 12.7. The third-order valence-corrected chi connectivity index (χ3v) is 7.30. The summed E-state index contributed by atoms with van der Waals surface area (Å²) < 4.78 is 26.4. The summed E-state index contributed by atoms with van der Waals surface area (Å²) in [5.41, 5.74) is 2.22. The minimum Gasteiger partial charge on any atom is -0.474 e. The molecule has 2 unspecified atom stereocenters. The van der Waals surface area contributed by atoms with E-state index in [1.165, 1.54) is 18.2 Å². The molecular formula is C27H29ClFN5O4. The van der Waals surface area contributed by atoms with Crippen LogP contribution in [-0.2, 0) is 11.2 Å². The van der Waals surface area contributed by atoms with Gasteiger partial charge in [-0.2, -0.15) is 5.10 Å². The van der Waals surface area contributed by atoms with Crippen molar-refractivity contribution in [2.45, 2.75) is 57.7 Å². The van der Waals surface area contributed by atoms with Gasteiger partial charge in [-0.15, -0.1) is 0 Å². The third kappa shape index (κ3) is 5.37. The molecule has 38 heavy (non-hydrogen) atoms. The molecule has 2 amide bonds. The quantitative estimate of drug-likeness (QED) is 0.464. The number of nitrogens with one attached hydrogen (secondary N) is 2. The molecule has 5 rings (SSSR count). The van der Waals surface area contributed by atoms with Crippen molar-refractivity contribution in [3.63, 3.8) is 0 Å². The fourth-order valence-corrected chi connectivity index (χ4v) is 5.38. The number of carbonyl (C=O) groups is 1. The van der Waals surface area contributed by atoms with E-state index < -0.39 is 11.8 Å². The fourth-order valence-electron chi connectivity index (χ4n) is 5.11. The van der Waals surface area contributed by atoms with Gasteiger partial charge in [0, 0.05) is 48.3 Å². The summed E-state index contributed by atoms with van der Waals surface area (Å²) in [5.74, 6) is -0.136. The van der Waals surface area contributed by atoms with Gasteiger partial charge in [0.1, 0.15) is 11.9 Å². The van der Waals surface area contributed by atoms with Crippen molar-refractivity contribution in [3.05, 3.63) is 69.0 Å². The number of aromatic nitrogens is 3. The molecule has 0 spiro atoms. The zero-order valence-electron chi connectivity index (χ0n) is 21.2. The van der Waals surface area contributed by atoms with Gasteiger partial charge in [-0.05, 0) is 43.5 Å². The number of aromatic amines is 1. The zero-order chi connectivity index (χ0) is 26.8. The van der Waals surface area contributed by atoms with Crippen LogP contribution in [0.2, 0.25) is 5.02 Å². The minimum atomic E-state index is -0.624. The van der Waals surface area contributed by atoms with Crippen molar-refractivity contribution in [1.82, 2.24) is 20.1 Å². The maximum atomic E-state index is 15.2. The summed E-state index contributed by atoms with van der Waals surface area (Å²) in [4.78, 5) is 31.0. The van der Waals surface area contributed by atoms with Crippen LogP contribution in [0.15, 0.2) is 41.3 Å². The van der Waals surface area contributed by atoms with Gasteiger partial charge in [0.15, 0.2) is 0 Å². The Morgan fingerprint density at radius 2 is 2.08 bits per heavy atom. The molecule has 2 aliphatic heterocycles. The summed E-state index contributed by atoms with van der Waals surface area (Å²) in [6.07, 6.45) is 4.32. The highest BCUT2D eigenvalue weighted by molar-refractivity contribution is 6.33. The molecule has 0 saturated carbocycles. The molecule has 0 bridgehead atoms. The van der Waals surface area contributed by atoms with E-state index >= 15 is 4.39 Å². The van der Waals surface area contributed by atoms with E-state index in [9.17, 15) is 9.59 Å². The molecule has 0 radical (unpaired) electrons. The summed E-state index contributed by atoms with van der Waals surface area (Å²) >= 11 is 6.52. The largest absolute Gasteiger partial charge is 0.474 e. The number of ether oxygens (including phenoxy) is 2. The van der Waals surface area contributed by atoms with Crippen molar-refractivity contribution in [2.75, 3.05) is 18.5 Å². The lowest BCUT2D eigenvalue weighted by Gasteiger charge is -2.40. The second-order valence-corrected chi connectivity index (χ2v) is 9.99. The maximum absolute atomic E-state index is 15.2. The molecule has 3 aromatic rings. The number of carbonyl (C=O) groups excluding carboxylic acids is 1. The van der Waals surface area contributed by atoms with E-state index in [-0.39, 0.29) is 34.5 Å². The van der Waals surface area contributed by atoms with Crippen molar-refractivity contribution in [2.24, 2.45) is 0 Å². The predicted octanol–water partition coefficient (Wildman–Crippen LogP) is 5.11. The Hall–Kier alpha value is -3.50. The fraction of sp³-hybridized carbons (Fsp3) is 0.407. The number of H-pyrrole nitrogens is 1. The molecule has 11 heteroatoms. The van der Waals surface area contributed by atoms with Crippen LogP contribution < -0.4 is 15.6 Å². The van der Waals surface area contributed by atoms with E-state index in [2.05, 4.69) is 20.5 Å². The normalized spacial score (nSPS) is 19.6. The van der Waals surface area contributed by atoms with Gasteiger partial charge < -0.3 is 19.7 Å². The topological polar surface area (TPSA) is 109 Å². The number of amides is 2. The van der Waals surface area contributed by atoms with Gasteiger partial charge >= 0.3 is 6.03 Å². The lowest BCUT2D eigenvalue weighted by atomic mass is 9.92. The van der Waals surface area contributed by atoms with Crippen LogP contribution in [0.4, 0.5) is 14.9 Å². The SMILES string of the molecule is CCC1c2n[nH]c(=O)cc2CC(C)N1C(=O)Nc1cc(Cl)c(-c2ccc(OC3CCOCC3)nc2)cc1F. The Morgan fingerprint density at radius 1 is 1.29 bits per heavy atom. The number of rotatable bonds is 5. The van der Waals surface area contributed by atoms with E-state index in [4.69, 9.17) is 21.1 Å². The van der Waals surface area contributed by atoms with Gasteiger partial charge in [-0.3, -0.25) is 4.79 Å². The second-order valence-electron chi connectivity index (χ2n) is 9.58. The Balaban J connectivity index is 1.32. The van der Waals surface area contributed by atoms with Crippen LogP contribution >= 0.6 is 11.6 Å². The Bertz CT molecular complexity index is 1380. The predicted molar refractivity (Wildman–Crippen MR) is 141 cm³/mol. The first-order chi connectivity index (χ1) is 18.3. The van der Waals surface area contributed by atoms with Gasteiger partial charge in [0.25, 0.3) is 5.56 Å². The maximum Gasteiger partial charge on any atom is 0.322 e. The molecule has 2 N–H and O–H groups in total. The van der Waals surface area contributed by atoms with Crippen LogP contribution in [0, 0.1) is 5.82 Å². The number of urea groups is 1. The van der Waals surface area contributed by atoms with Crippen molar-refractivity contribution in [3.8, 4) is 17.0 Å². The molecule has 1 aromatic carbocycles. The van der Waals surface area contributed by atoms with E-state index in [0.717, 1.165) is 18.4 Å². The monoisotopic (exact) mass is 541 g/mol. The molecule has 200 valence electrons. The molecule has 2 aliphatic rings. The van der Waals surface area contributed by atoms with Crippen LogP contribution in [-0.4, -0.2) is 51.5 Å². The zero-order valence-corrected chi connectivity index (χ0v) is 21.9. The summed E-state index contributed by atoms with van der Waals surface area (Å²) in [7, 11) is 0.